The number of amides is 1. The second-order valence-corrected chi connectivity index (χ2v) is 6.82. The lowest BCUT2D eigenvalue weighted by molar-refractivity contribution is -0.0462. The number of halogens is 1. The van der Waals surface area contributed by atoms with Crippen molar-refractivity contribution in [1.82, 2.24) is 15.2 Å². The van der Waals surface area contributed by atoms with Crippen LogP contribution in [0, 0.1) is 12.7 Å². The summed E-state index contributed by atoms with van der Waals surface area (Å²) in [5, 5.41) is 3.80. The first-order valence-corrected chi connectivity index (χ1v) is 8.53. The van der Waals surface area contributed by atoms with Crippen LogP contribution in [-0.2, 0) is 4.74 Å². The number of hydrogen-bond acceptors (Lipinski definition) is 3. The maximum absolute atomic E-state index is 13.5. The number of H-pyrrole nitrogens is 1. The molecule has 1 aromatic heterocycles. The second-order valence-electron chi connectivity index (χ2n) is 6.82. The van der Waals surface area contributed by atoms with Crippen molar-refractivity contribution >= 4 is 16.8 Å². The predicted octanol–water partition coefficient (Wildman–Crippen LogP) is 2.21. The van der Waals surface area contributed by atoms with E-state index in [0.29, 0.717) is 23.8 Å². The lowest BCUT2D eigenvalue weighted by atomic mass is 10.1. The highest BCUT2D eigenvalue weighted by Gasteiger charge is 2.32. The Balaban J connectivity index is 1.40. The fraction of sp³-hybridized carbons (Fsp3) is 0.500. The quantitative estimate of drug-likeness (QED) is 0.907. The zero-order valence-corrected chi connectivity index (χ0v) is 13.8. The molecule has 0 aliphatic carbocycles. The maximum atomic E-state index is 13.5. The summed E-state index contributed by atoms with van der Waals surface area (Å²) in [6, 6.07) is 5.22. The highest BCUT2D eigenvalue weighted by atomic mass is 19.1. The third kappa shape index (κ3) is 2.91. The normalized spacial score (nSPS) is 24.2. The molecule has 2 N–H and O–H groups in total. The molecule has 24 heavy (non-hydrogen) atoms. The van der Waals surface area contributed by atoms with E-state index in [9.17, 15) is 9.18 Å². The monoisotopic (exact) mass is 331 g/mol. The predicted molar refractivity (Wildman–Crippen MR) is 89.7 cm³/mol. The lowest BCUT2D eigenvalue weighted by Crippen LogP contribution is -2.50. The van der Waals surface area contributed by atoms with E-state index in [0.717, 1.165) is 30.6 Å². The summed E-state index contributed by atoms with van der Waals surface area (Å²) in [5.41, 5.74) is 1.91. The van der Waals surface area contributed by atoms with Gasteiger partial charge < -0.3 is 15.0 Å². The Morgan fingerprint density at radius 2 is 2.33 bits per heavy atom. The van der Waals surface area contributed by atoms with Crippen molar-refractivity contribution in [3.8, 4) is 0 Å². The van der Waals surface area contributed by atoms with Crippen molar-refractivity contribution in [2.75, 3.05) is 26.2 Å². The standard InChI is InChI=1S/C18H22FN3O2/c1-11-5-12(19)6-16-15(11)7-17(21-16)18(23)20-8-14-9-22-4-2-3-13(22)10-24-14/h5-7,13-14,21H,2-4,8-10H2,1H3,(H,20,23). The van der Waals surface area contributed by atoms with E-state index >= 15 is 0 Å². The van der Waals surface area contributed by atoms with Crippen LogP contribution in [0.1, 0.15) is 28.9 Å². The number of carbonyl (C=O) groups excluding carboxylic acids is 1. The summed E-state index contributed by atoms with van der Waals surface area (Å²) in [7, 11) is 0. The maximum Gasteiger partial charge on any atom is 0.267 e. The van der Waals surface area contributed by atoms with Crippen LogP contribution >= 0.6 is 0 Å². The average molecular weight is 331 g/mol. The summed E-state index contributed by atoms with van der Waals surface area (Å²) in [6.07, 6.45) is 2.48. The van der Waals surface area contributed by atoms with Crippen LogP contribution in [0.25, 0.3) is 10.9 Å². The molecule has 1 aromatic carbocycles. The van der Waals surface area contributed by atoms with E-state index in [-0.39, 0.29) is 17.8 Å². The molecule has 2 aromatic rings. The van der Waals surface area contributed by atoms with Crippen LogP contribution in [0.5, 0.6) is 0 Å². The largest absolute Gasteiger partial charge is 0.373 e. The average Bonchev–Trinajstić information content (AvgIpc) is 3.18. The van der Waals surface area contributed by atoms with Crippen molar-refractivity contribution in [3.63, 3.8) is 0 Å². The third-order valence-corrected chi connectivity index (χ3v) is 5.11. The Hall–Kier alpha value is -1.92. The zero-order chi connectivity index (χ0) is 16.7. The van der Waals surface area contributed by atoms with Crippen molar-refractivity contribution in [2.45, 2.75) is 31.9 Å². The number of rotatable bonds is 3. The number of benzene rings is 1. The van der Waals surface area contributed by atoms with Crippen molar-refractivity contribution in [1.29, 1.82) is 0 Å². The summed E-state index contributed by atoms with van der Waals surface area (Å²) in [5.74, 6) is -0.484. The van der Waals surface area contributed by atoms with Gasteiger partial charge in [0.2, 0.25) is 0 Å². The van der Waals surface area contributed by atoms with E-state index in [1.54, 1.807) is 6.07 Å². The van der Waals surface area contributed by atoms with Gasteiger partial charge in [-0.25, -0.2) is 4.39 Å². The molecule has 0 saturated carbocycles. The van der Waals surface area contributed by atoms with E-state index < -0.39 is 0 Å². The van der Waals surface area contributed by atoms with Crippen LogP contribution < -0.4 is 5.32 Å². The molecule has 2 aliphatic heterocycles. The first-order valence-electron chi connectivity index (χ1n) is 8.53. The Kier molecular flexibility index (Phi) is 4.02. The van der Waals surface area contributed by atoms with Crippen LogP contribution in [0.2, 0.25) is 0 Å². The topological polar surface area (TPSA) is 57.4 Å². The van der Waals surface area contributed by atoms with E-state index in [1.807, 2.05) is 6.92 Å². The van der Waals surface area contributed by atoms with Crippen LogP contribution in [0.3, 0.4) is 0 Å². The van der Waals surface area contributed by atoms with Gasteiger partial charge in [-0.15, -0.1) is 0 Å². The summed E-state index contributed by atoms with van der Waals surface area (Å²) in [4.78, 5) is 17.8. The fourth-order valence-corrected chi connectivity index (χ4v) is 3.81. The SMILES string of the molecule is Cc1cc(F)cc2[nH]c(C(=O)NCC3CN4CCCC4CO3)cc12. The van der Waals surface area contributed by atoms with E-state index in [4.69, 9.17) is 4.74 Å². The van der Waals surface area contributed by atoms with E-state index in [2.05, 4.69) is 15.2 Å². The summed E-state index contributed by atoms with van der Waals surface area (Å²) in [6.45, 7) is 5.09. The molecule has 4 rings (SSSR count). The Bertz CT molecular complexity index is 773. The minimum absolute atomic E-state index is 0.0341. The smallest absolute Gasteiger partial charge is 0.267 e. The molecule has 2 atom stereocenters. The molecular weight excluding hydrogens is 309 g/mol. The number of nitrogens with one attached hydrogen (secondary N) is 2. The molecule has 0 bridgehead atoms. The number of aromatic nitrogens is 1. The zero-order valence-electron chi connectivity index (χ0n) is 13.8. The molecule has 0 radical (unpaired) electrons. The molecule has 3 heterocycles. The number of carbonyl (C=O) groups is 1. The van der Waals surface area contributed by atoms with Gasteiger partial charge in [-0.2, -0.15) is 0 Å². The summed E-state index contributed by atoms with van der Waals surface area (Å²) >= 11 is 0. The Morgan fingerprint density at radius 3 is 3.21 bits per heavy atom. The molecule has 0 spiro atoms. The van der Waals surface area contributed by atoms with Crippen LogP contribution in [0.4, 0.5) is 4.39 Å². The number of hydrogen-bond donors (Lipinski definition) is 2. The molecule has 2 saturated heterocycles. The van der Waals surface area contributed by atoms with Gasteiger partial charge in [-0.1, -0.05) is 0 Å². The van der Waals surface area contributed by atoms with Crippen molar-refractivity contribution in [2.24, 2.45) is 0 Å². The number of ether oxygens (including phenoxy) is 1. The van der Waals surface area contributed by atoms with Gasteiger partial charge in [0.05, 0.1) is 12.7 Å². The van der Waals surface area contributed by atoms with Gasteiger partial charge in [0.1, 0.15) is 11.5 Å². The first kappa shape index (κ1) is 15.6. The third-order valence-electron chi connectivity index (χ3n) is 5.11. The minimum Gasteiger partial charge on any atom is -0.373 e. The van der Waals surface area contributed by atoms with Gasteiger partial charge in [-0.3, -0.25) is 9.69 Å². The van der Waals surface area contributed by atoms with Crippen LogP contribution in [-0.4, -0.2) is 54.2 Å². The Labute approximate surface area is 140 Å². The van der Waals surface area contributed by atoms with Crippen molar-refractivity contribution in [3.05, 3.63) is 35.3 Å². The number of fused-ring (bicyclic) bond motifs is 2. The summed E-state index contributed by atoms with van der Waals surface area (Å²) < 4.78 is 19.3. The number of aryl methyl sites for hydroxylation is 1. The van der Waals surface area contributed by atoms with Gasteiger partial charge in [0.15, 0.2) is 0 Å². The van der Waals surface area contributed by atoms with Gasteiger partial charge in [-0.05, 0) is 50.1 Å². The highest BCUT2D eigenvalue weighted by Crippen LogP contribution is 2.23. The molecule has 2 unspecified atom stereocenters. The number of morpholine rings is 1. The number of aromatic amines is 1. The molecular formula is C18H22FN3O2. The molecule has 2 aliphatic rings. The molecule has 5 nitrogen and oxygen atoms in total. The lowest BCUT2D eigenvalue weighted by Gasteiger charge is -2.35. The minimum atomic E-state index is -0.301. The molecule has 6 heteroatoms. The highest BCUT2D eigenvalue weighted by molar-refractivity contribution is 5.98. The van der Waals surface area contributed by atoms with Gasteiger partial charge in [0.25, 0.3) is 5.91 Å². The van der Waals surface area contributed by atoms with Crippen LogP contribution in [0.15, 0.2) is 18.2 Å². The first-order chi connectivity index (χ1) is 11.6. The number of nitrogens with zero attached hydrogens (tertiary/aromatic N) is 1. The Morgan fingerprint density at radius 1 is 1.46 bits per heavy atom. The van der Waals surface area contributed by atoms with Gasteiger partial charge >= 0.3 is 0 Å². The fourth-order valence-electron chi connectivity index (χ4n) is 3.81. The van der Waals surface area contributed by atoms with Crippen molar-refractivity contribution < 1.29 is 13.9 Å². The van der Waals surface area contributed by atoms with E-state index in [1.165, 1.54) is 25.0 Å². The van der Waals surface area contributed by atoms with Gasteiger partial charge in [0, 0.05) is 30.0 Å². The molecule has 128 valence electrons. The molecule has 1 amide bonds. The molecule has 2 fully saturated rings. The second kappa shape index (κ2) is 6.18.